The van der Waals surface area contributed by atoms with Crippen LogP contribution in [0.3, 0.4) is 0 Å². The molecule has 188 valence electrons. The number of benzene rings is 2. The number of hydrogen-bond donors (Lipinski definition) is 2. The fourth-order valence-electron chi connectivity index (χ4n) is 3.53. The van der Waals surface area contributed by atoms with Crippen LogP contribution >= 0.6 is 0 Å². The highest BCUT2D eigenvalue weighted by Crippen LogP contribution is 2.37. The number of aromatic nitrogens is 2. The maximum atomic E-state index is 13.7. The van der Waals surface area contributed by atoms with Crippen molar-refractivity contribution in [3.63, 3.8) is 0 Å². The van der Waals surface area contributed by atoms with Crippen molar-refractivity contribution in [2.45, 2.75) is 65.0 Å². The summed E-state index contributed by atoms with van der Waals surface area (Å²) < 4.78 is 46.8. The summed E-state index contributed by atoms with van der Waals surface area (Å²) in [4.78, 5) is 8.06. The van der Waals surface area contributed by atoms with E-state index in [1.54, 1.807) is 24.3 Å². The van der Waals surface area contributed by atoms with Crippen molar-refractivity contribution in [3.05, 3.63) is 65.9 Å². The molecule has 2 N–H and O–H groups in total. The van der Waals surface area contributed by atoms with Crippen molar-refractivity contribution >= 4 is 23.1 Å². The lowest BCUT2D eigenvalue weighted by molar-refractivity contribution is -0.137. The van der Waals surface area contributed by atoms with Crippen LogP contribution in [0.15, 0.2) is 54.7 Å². The molecule has 5 nitrogen and oxygen atoms in total. The number of anilines is 4. The molecule has 8 heteroatoms. The summed E-state index contributed by atoms with van der Waals surface area (Å²) in [6.45, 7) is 4.71. The zero-order chi connectivity index (χ0) is 25.1. The molecular weight excluding hydrogens is 453 g/mol. The van der Waals surface area contributed by atoms with Crippen LogP contribution in [0.25, 0.3) is 0 Å². The SMILES string of the molecule is CCCCCCc1ccc(Nc2ncc(C(F)(F)F)c(Nc3ccccc3OCCCC)n2)cc1. The van der Waals surface area contributed by atoms with Crippen molar-refractivity contribution < 1.29 is 17.9 Å². The molecule has 35 heavy (non-hydrogen) atoms. The number of halogens is 3. The first-order valence-electron chi connectivity index (χ1n) is 12.2. The van der Waals surface area contributed by atoms with Crippen molar-refractivity contribution in [3.8, 4) is 5.75 Å². The Balaban J connectivity index is 1.77. The van der Waals surface area contributed by atoms with Crippen LogP contribution in [-0.4, -0.2) is 16.6 Å². The highest BCUT2D eigenvalue weighted by Gasteiger charge is 2.35. The first-order valence-corrected chi connectivity index (χ1v) is 12.2. The predicted octanol–water partition coefficient (Wildman–Crippen LogP) is 8.28. The minimum atomic E-state index is -4.61. The molecule has 0 amide bonds. The molecule has 0 aliphatic carbocycles. The maximum absolute atomic E-state index is 13.7. The Kier molecular flexibility index (Phi) is 9.76. The molecule has 3 rings (SSSR count). The maximum Gasteiger partial charge on any atom is 0.421 e. The summed E-state index contributed by atoms with van der Waals surface area (Å²) in [5, 5.41) is 5.82. The highest BCUT2D eigenvalue weighted by molar-refractivity contribution is 5.67. The minimum Gasteiger partial charge on any atom is -0.491 e. The number of para-hydroxylation sites is 2. The highest BCUT2D eigenvalue weighted by atomic mass is 19.4. The molecule has 0 saturated heterocycles. The van der Waals surface area contributed by atoms with E-state index in [9.17, 15) is 13.2 Å². The molecule has 0 bridgehead atoms. The van der Waals surface area contributed by atoms with Gasteiger partial charge in [-0.25, -0.2) is 4.98 Å². The van der Waals surface area contributed by atoms with Crippen LogP contribution < -0.4 is 15.4 Å². The van der Waals surface area contributed by atoms with Crippen molar-refractivity contribution in [2.75, 3.05) is 17.2 Å². The van der Waals surface area contributed by atoms with E-state index in [2.05, 4.69) is 27.5 Å². The van der Waals surface area contributed by atoms with Gasteiger partial charge in [-0.05, 0) is 49.1 Å². The van der Waals surface area contributed by atoms with Crippen LogP contribution in [-0.2, 0) is 12.6 Å². The number of nitrogens with zero attached hydrogens (tertiary/aromatic N) is 2. The topological polar surface area (TPSA) is 59.1 Å². The number of nitrogens with one attached hydrogen (secondary N) is 2. The number of hydrogen-bond acceptors (Lipinski definition) is 5. The van der Waals surface area contributed by atoms with Gasteiger partial charge >= 0.3 is 6.18 Å². The molecule has 0 radical (unpaired) electrons. The Hall–Kier alpha value is -3.29. The molecular formula is C27H33F3N4O. The van der Waals surface area contributed by atoms with Gasteiger partial charge in [0.25, 0.3) is 0 Å². The number of unbranched alkanes of at least 4 members (excludes halogenated alkanes) is 4. The van der Waals surface area contributed by atoms with E-state index in [0.29, 0.717) is 23.7 Å². The van der Waals surface area contributed by atoms with Crippen LogP contribution in [0, 0.1) is 0 Å². The molecule has 1 heterocycles. The smallest absolute Gasteiger partial charge is 0.421 e. The lowest BCUT2D eigenvalue weighted by atomic mass is 10.1. The monoisotopic (exact) mass is 486 g/mol. The average Bonchev–Trinajstić information content (AvgIpc) is 2.83. The van der Waals surface area contributed by atoms with E-state index >= 15 is 0 Å². The molecule has 2 aromatic carbocycles. The molecule has 0 saturated carbocycles. The number of aryl methyl sites for hydroxylation is 1. The van der Waals surface area contributed by atoms with Crippen LogP contribution in [0.5, 0.6) is 5.75 Å². The molecule has 0 aliphatic rings. The summed E-state index contributed by atoms with van der Waals surface area (Å²) in [5.74, 6) is 0.200. The fraction of sp³-hybridized carbons (Fsp3) is 0.407. The van der Waals surface area contributed by atoms with Crippen molar-refractivity contribution in [1.29, 1.82) is 0 Å². The van der Waals surface area contributed by atoms with Crippen molar-refractivity contribution in [2.24, 2.45) is 0 Å². The Labute approximate surface area is 205 Å². The largest absolute Gasteiger partial charge is 0.491 e. The molecule has 0 unspecified atom stereocenters. The fourth-order valence-corrected chi connectivity index (χ4v) is 3.53. The molecule has 0 fully saturated rings. The summed E-state index contributed by atoms with van der Waals surface area (Å²) >= 11 is 0. The quantitative estimate of drug-likeness (QED) is 0.238. The molecule has 0 atom stereocenters. The number of ether oxygens (including phenoxy) is 1. The van der Waals surface area contributed by atoms with Gasteiger partial charge in [0.2, 0.25) is 5.95 Å². The lowest BCUT2D eigenvalue weighted by Gasteiger charge is -2.17. The second-order valence-electron chi connectivity index (χ2n) is 8.41. The van der Waals surface area contributed by atoms with Gasteiger partial charge < -0.3 is 15.4 Å². The van der Waals surface area contributed by atoms with Gasteiger partial charge in [-0.1, -0.05) is 63.8 Å². The number of alkyl halides is 3. The van der Waals surface area contributed by atoms with E-state index in [-0.39, 0.29) is 11.8 Å². The number of rotatable bonds is 13. The summed E-state index contributed by atoms with van der Waals surface area (Å²) in [6.07, 6.45) is 3.76. The van der Waals surface area contributed by atoms with Gasteiger partial charge in [0, 0.05) is 11.9 Å². The predicted molar refractivity (Wildman–Crippen MR) is 135 cm³/mol. The minimum absolute atomic E-state index is 0.0700. The van der Waals surface area contributed by atoms with Crippen molar-refractivity contribution in [1.82, 2.24) is 9.97 Å². The Morgan fingerprint density at radius 2 is 1.60 bits per heavy atom. The Morgan fingerprint density at radius 3 is 2.31 bits per heavy atom. The van der Waals surface area contributed by atoms with E-state index in [1.165, 1.54) is 24.8 Å². The summed E-state index contributed by atoms with van der Waals surface area (Å²) in [6, 6.07) is 14.7. The van der Waals surface area contributed by atoms with Gasteiger partial charge in [-0.15, -0.1) is 0 Å². The third-order valence-electron chi connectivity index (χ3n) is 5.52. The molecule has 3 aromatic rings. The van der Waals surface area contributed by atoms with Crippen LogP contribution in [0.2, 0.25) is 0 Å². The zero-order valence-corrected chi connectivity index (χ0v) is 20.3. The van der Waals surface area contributed by atoms with Crippen LogP contribution in [0.1, 0.15) is 63.5 Å². The summed E-state index contributed by atoms with van der Waals surface area (Å²) in [7, 11) is 0. The van der Waals surface area contributed by atoms with Gasteiger partial charge in [0.15, 0.2) is 0 Å². The zero-order valence-electron chi connectivity index (χ0n) is 20.3. The van der Waals surface area contributed by atoms with Gasteiger partial charge in [0.1, 0.15) is 17.1 Å². The van der Waals surface area contributed by atoms with E-state index in [0.717, 1.165) is 31.9 Å². The van der Waals surface area contributed by atoms with Gasteiger partial charge in [-0.2, -0.15) is 18.2 Å². The molecule has 1 aromatic heterocycles. The second-order valence-corrected chi connectivity index (χ2v) is 8.41. The normalized spacial score (nSPS) is 11.3. The molecule has 0 spiro atoms. The molecule has 0 aliphatic heterocycles. The Morgan fingerprint density at radius 1 is 0.857 bits per heavy atom. The van der Waals surface area contributed by atoms with Crippen LogP contribution in [0.4, 0.5) is 36.3 Å². The Bertz CT molecular complexity index is 1060. The standard InChI is InChI=1S/C27H33F3N4O/c1-3-5-7-8-11-20-14-16-21(17-15-20)32-26-31-19-22(27(28,29)30)25(34-26)33-23-12-9-10-13-24(23)35-18-6-4-2/h9-10,12-17,19H,3-8,11,18H2,1-2H3,(H2,31,32,33,34). The first-order chi connectivity index (χ1) is 16.9. The summed E-state index contributed by atoms with van der Waals surface area (Å²) in [5.41, 5.74) is 1.39. The third-order valence-corrected chi connectivity index (χ3v) is 5.52. The second kappa shape index (κ2) is 13.0. The van der Waals surface area contributed by atoms with E-state index in [4.69, 9.17) is 4.74 Å². The van der Waals surface area contributed by atoms with E-state index < -0.39 is 11.7 Å². The van der Waals surface area contributed by atoms with Gasteiger partial charge in [-0.3, -0.25) is 0 Å². The third kappa shape index (κ3) is 8.16. The van der Waals surface area contributed by atoms with E-state index in [1.807, 2.05) is 31.2 Å². The van der Waals surface area contributed by atoms with Gasteiger partial charge in [0.05, 0.1) is 12.3 Å². The first kappa shape index (κ1) is 26.3. The average molecular weight is 487 g/mol. The lowest BCUT2D eigenvalue weighted by Crippen LogP contribution is -2.13.